The molecule has 0 spiro atoms. The van der Waals surface area contributed by atoms with Gasteiger partial charge in [0.25, 0.3) is 0 Å². The topological polar surface area (TPSA) is 54.5 Å². The molecule has 1 N–H and O–H groups in total. The van der Waals surface area contributed by atoms with E-state index >= 15 is 0 Å². The first-order chi connectivity index (χ1) is 12.5. The van der Waals surface area contributed by atoms with E-state index in [0.717, 1.165) is 32.3 Å². The minimum Gasteiger partial charge on any atom is -0.497 e. The summed E-state index contributed by atoms with van der Waals surface area (Å²) in [6.45, 7) is 3.29. The Balaban J connectivity index is 1.41. The van der Waals surface area contributed by atoms with Crippen LogP contribution in [0.2, 0.25) is 5.02 Å². The average molecular weight is 388 g/mol. The van der Waals surface area contributed by atoms with E-state index in [-0.39, 0.29) is 11.8 Å². The van der Waals surface area contributed by atoms with Crippen molar-refractivity contribution in [2.45, 2.75) is 6.92 Å². The number of aryl methyl sites for hydroxylation is 1. The predicted octanol–water partition coefficient (Wildman–Crippen LogP) is 4.34. The Bertz CT molecular complexity index is 982. The number of nitrogens with zero attached hydrogens (tertiary/aromatic N) is 2. The Labute approximate surface area is 160 Å². The summed E-state index contributed by atoms with van der Waals surface area (Å²) in [6.07, 6.45) is 0. The highest BCUT2D eigenvalue weighted by atomic mass is 35.5. The molecule has 134 valence electrons. The zero-order chi connectivity index (χ0) is 18.3. The van der Waals surface area contributed by atoms with Gasteiger partial charge in [-0.3, -0.25) is 4.79 Å². The highest BCUT2D eigenvalue weighted by molar-refractivity contribution is 7.22. The van der Waals surface area contributed by atoms with Gasteiger partial charge in [0.05, 0.1) is 23.2 Å². The van der Waals surface area contributed by atoms with Gasteiger partial charge in [-0.2, -0.15) is 0 Å². The molecule has 5 nitrogen and oxygen atoms in total. The van der Waals surface area contributed by atoms with E-state index in [1.165, 1.54) is 0 Å². The predicted molar refractivity (Wildman–Crippen MR) is 107 cm³/mol. The van der Waals surface area contributed by atoms with Crippen LogP contribution in [0.25, 0.3) is 10.2 Å². The third-order valence-corrected chi connectivity index (χ3v) is 5.88. The first kappa shape index (κ1) is 17.1. The molecule has 0 saturated carbocycles. The van der Waals surface area contributed by atoms with Crippen molar-refractivity contribution in [2.75, 3.05) is 30.4 Å². The molecule has 4 rings (SSSR count). The van der Waals surface area contributed by atoms with E-state index in [1.54, 1.807) is 24.5 Å². The molecule has 1 aliphatic rings. The number of fused-ring (bicyclic) bond motifs is 1. The summed E-state index contributed by atoms with van der Waals surface area (Å²) in [7, 11) is 1.66. The van der Waals surface area contributed by atoms with Crippen molar-refractivity contribution in [3.05, 3.63) is 47.0 Å². The van der Waals surface area contributed by atoms with Gasteiger partial charge in [0.1, 0.15) is 5.75 Å². The zero-order valence-corrected chi connectivity index (χ0v) is 16.0. The van der Waals surface area contributed by atoms with Gasteiger partial charge in [0, 0.05) is 23.8 Å². The minimum atomic E-state index is -0.0464. The first-order valence-corrected chi connectivity index (χ1v) is 9.49. The number of rotatable bonds is 4. The van der Waals surface area contributed by atoms with Crippen LogP contribution in [-0.4, -0.2) is 31.1 Å². The number of carbonyl (C=O) groups excluding carboxylic acids is 1. The van der Waals surface area contributed by atoms with Crippen molar-refractivity contribution in [2.24, 2.45) is 5.92 Å². The Hall–Kier alpha value is -2.31. The zero-order valence-electron chi connectivity index (χ0n) is 14.5. The standard InChI is InChI=1S/C19H18ClN3O2S/c1-11-3-4-13(20)7-16(11)21-18(24)12-9-23(10-12)19-22-15-6-5-14(25-2)8-17(15)26-19/h3-8,12H,9-10H2,1-2H3,(H,21,24). The Morgan fingerprint density at radius 1 is 1.31 bits per heavy atom. The smallest absolute Gasteiger partial charge is 0.231 e. The Morgan fingerprint density at radius 3 is 2.88 bits per heavy atom. The maximum Gasteiger partial charge on any atom is 0.231 e. The second kappa shape index (κ2) is 6.78. The lowest BCUT2D eigenvalue weighted by molar-refractivity contribution is -0.120. The molecular weight excluding hydrogens is 370 g/mol. The summed E-state index contributed by atoms with van der Waals surface area (Å²) >= 11 is 7.63. The molecule has 0 unspecified atom stereocenters. The van der Waals surface area contributed by atoms with Gasteiger partial charge < -0.3 is 15.0 Å². The van der Waals surface area contributed by atoms with Crippen LogP contribution in [0, 0.1) is 12.8 Å². The van der Waals surface area contributed by atoms with Crippen molar-refractivity contribution >= 4 is 49.9 Å². The number of aromatic nitrogens is 1. The molecule has 0 radical (unpaired) electrons. The number of carbonyl (C=O) groups is 1. The van der Waals surface area contributed by atoms with Gasteiger partial charge in [0.2, 0.25) is 5.91 Å². The second-order valence-electron chi connectivity index (χ2n) is 6.38. The molecule has 0 bridgehead atoms. The number of anilines is 2. The summed E-state index contributed by atoms with van der Waals surface area (Å²) in [5, 5.41) is 4.54. The summed E-state index contributed by atoms with van der Waals surface area (Å²) in [5.41, 5.74) is 2.72. The fraction of sp³-hybridized carbons (Fsp3) is 0.263. The van der Waals surface area contributed by atoms with Gasteiger partial charge in [-0.25, -0.2) is 4.98 Å². The highest BCUT2D eigenvalue weighted by Gasteiger charge is 2.34. The van der Waals surface area contributed by atoms with E-state index in [4.69, 9.17) is 16.3 Å². The van der Waals surface area contributed by atoms with Crippen LogP contribution in [0.15, 0.2) is 36.4 Å². The Kier molecular flexibility index (Phi) is 4.46. The quantitative estimate of drug-likeness (QED) is 0.723. The molecule has 0 atom stereocenters. The molecule has 0 aliphatic carbocycles. The van der Waals surface area contributed by atoms with Crippen molar-refractivity contribution in [1.82, 2.24) is 4.98 Å². The second-order valence-corrected chi connectivity index (χ2v) is 7.83. The number of nitrogens with one attached hydrogen (secondary N) is 1. The van der Waals surface area contributed by atoms with Crippen LogP contribution in [0.5, 0.6) is 5.75 Å². The third kappa shape index (κ3) is 3.22. The van der Waals surface area contributed by atoms with Crippen LogP contribution in [0.4, 0.5) is 10.8 Å². The molecule has 3 aromatic rings. The highest BCUT2D eigenvalue weighted by Crippen LogP contribution is 2.35. The number of ether oxygens (including phenoxy) is 1. The molecule has 2 aromatic carbocycles. The SMILES string of the molecule is COc1ccc2nc(N3CC(C(=O)Nc4cc(Cl)ccc4C)C3)sc2c1. The van der Waals surface area contributed by atoms with Gasteiger partial charge in [-0.1, -0.05) is 29.0 Å². The largest absolute Gasteiger partial charge is 0.497 e. The van der Waals surface area contributed by atoms with E-state index in [9.17, 15) is 4.79 Å². The third-order valence-electron chi connectivity index (χ3n) is 4.56. The molecule has 1 saturated heterocycles. The minimum absolute atomic E-state index is 0.0226. The van der Waals surface area contributed by atoms with E-state index in [0.29, 0.717) is 18.1 Å². The molecule has 2 heterocycles. The number of thiazole rings is 1. The summed E-state index contributed by atoms with van der Waals surface area (Å²) in [5.74, 6) is 0.801. The number of halogens is 1. The number of methoxy groups -OCH3 is 1. The van der Waals surface area contributed by atoms with Crippen LogP contribution in [0.3, 0.4) is 0 Å². The average Bonchev–Trinajstić information content (AvgIpc) is 2.99. The van der Waals surface area contributed by atoms with Crippen molar-refractivity contribution < 1.29 is 9.53 Å². The molecule has 7 heteroatoms. The van der Waals surface area contributed by atoms with Crippen molar-refractivity contribution in [3.63, 3.8) is 0 Å². The normalized spacial score (nSPS) is 14.3. The summed E-state index contributed by atoms with van der Waals surface area (Å²) in [4.78, 5) is 19.3. The first-order valence-electron chi connectivity index (χ1n) is 8.30. The maximum atomic E-state index is 12.5. The van der Waals surface area contributed by atoms with Crippen LogP contribution in [-0.2, 0) is 4.79 Å². The van der Waals surface area contributed by atoms with Crippen LogP contribution >= 0.6 is 22.9 Å². The summed E-state index contributed by atoms with van der Waals surface area (Å²) in [6, 6.07) is 11.4. The molecule has 1 fully saturated rings. The fourth-order valence-electron chi connectivity index (χ4n) is 2.92. The van der Waals surface area contributed by atoms with Gasteiger partial charge in [0.15, 0.2) is 5.13 Å². The molecule has 1 aliphatic heterocycles. The van der Waals surface area contributed by atoms with E-state index < -0.39 is 0 Å². The number of hydrogen-bond acceptors (Lipinski definition) is 5. The molecule has 1 amide bonds. The fourth-order valence-corrected chi connectivity index (χ4v) is 4.10. The Morgan fingerprint density at radius 2 is 2.12 bits per heavy atom. The van der Waals surface area contributed by atoms with Gasteiger partial charge in [-0.05, 0) is 42.8 Å². The van der Waals surface area contributed by atoms with E-state index in [1.807, 2.05) is 37.3 Å². The lowest BCUT2D eigenvalue weighted by Gasteiger charge is -2.38. The number of hydrogen-bond donors (Lipinski definition) is 1. The number of amides is 1. The van der Waals surface area contributed by atoms with Gasteiger partial charge in [-0.15, -0.1) is 0 Å². The summed E-state index contributed by atoms with van der Waals surface area (Å²) < 4.78 is 6.34. The monoisotopic (exact) mass is 387 g/mol. The molecule has 26 heavy (non-hydrogen) atoms. The van der Waals surface area contributed by atoms with Crippen LogP contribution < -0.4 is 15.0 Å². The lowest BCUT2D eigenvalue weighted by atomic mass is 9.99. The molecular formula is C19H18ClN3O2S. The molecule has 1 aromatic heterocycles. The maximum absolute atomic E-state index is 12.5. The van der Waals surface area contributed by atoms with E-state index in [2.05, 4.69) is 15.2 Å². The number of benzene rings is 2. The van der Waals surface area contributed by atoms with Crippen molar-refractivity contribution in [3.8, 4) is 5.75 Å². The lowest BCUT2D eigenvalue weighted by Crippen LogP contribution is -2.52. The van der Waals surface area contributed by atoms with Gasteiger partial charge >= 0.3 is 0 Å². The van der Waals surface area contributed by atoms with Crippen LogP contribution in [0.1, 0.15) is 5.56 Å². The van der Waals surface area contributed by atoms with Crippen molar-refractivity contribution in [1.29, 1.82) is 0 Å².